The fraction of sp³-hybridized carbons (Fsp3) is 0.524. The van der Waals surface area contributed by atoms with Gasteiger partial charge in [-0.05, 0) is 56.7 Å². The molecule has 3 N–H and O–H groups in total. The first kappa shape index (κ1) is 17.7. The van der Waals surface area contributed by atoms with Crippen LogP contribution in [0.15, 0.2) is 12.1 Å². The Hall–Kier alpha value is -2.41. The minimum Gasteiger partial charge on any atom is -0.493 e. The van der Waals surface area contributed by atoms with Crippen LogP contribution in [0.3, 0.4) is 0 Å². The van der Waals surface area contributed by atoms with Crippen molar-refractivity contribution in [2.24, 2.45) is 11.8 Å². The van der Waals surface area contributed by atoms with E-state index >= 15 is 4.39 Å². The van der Waals surface area contributed by atoms with Gasteiger partial charge in [-0.15, -0.1) is 0 Å². The largest absolute Gasteiger partial charge is 0.493 e. The minimum atomic E-state index is -0.213. The molecule has 0 amide bonds. The van der Waals surface area contributed by atoms with E-state index in [0.717, 1.165) is 54.9 Å². The molecule has 0 bridgehead atoms. The third-order valence-corrected chi connectivity index (χ3v) is 6.36. The van der Waals surface area contributed by atoms with Crippen LogP contribution in [0.4, 0.5) is 21.8 Å². The summed E-state index contributed by atoms with van der Waals surface area (Å²) in [4.78, 5) is 8.83. The van der Waals surface area contributed by atoms with Crippen molar-refractivity contribution in [2.75, 3.05) is 37.4 Å². The summed E-state index contributed by atoms with van der Waals surface area (Å²) < 4.78 is 21.6. The second-order valence-corrected chi connectivity index (χ2v) is 8.18. The zero-order chi connectivity index (χ0) is 19.3. The lowest BCUT2D eigenvalue weighted by atomic mass is 9.91. The average Bonchev–Trinajstić information content (AvgIpc) is 3.37. The molecule has 1 aromatic carbocycles. The Balaban J connectivity index is 1.52. The fourth-order valence-electron chi connectivity index (χ4n) is 5.07. The van der Waals surface area contributed by atoms with Crippen LogP contribution < -0.4 is 20.7 Å². The minimum absolute atomic E-state index is 0.213. The Bertz CT molecular complexity index is 906. The van der Waals surface area contributed by atoms with E-state index in [9.17, 15) is 0 Å². The van der Waals surface area contributed by atoms with Crippen LogP contribution in [0, 0.1) is 24.6 Å². The predicted molar refractivity (Wildman–Crippen MR) is 107 cm³/mol. The van der Waals surface area contributed by atoms with Crippen molar-refractivity contribution in [3.8, 4) is 5.75 Å². The normalized spacial score (nSPS) is 25.3. The number of nitrogens with one attached hydrogen (secondary N) is 3. The van der Waals surface area contributed by atoms with Crippen LogP contribution in [0.1, 0.15) is 35.6 Å². The standard InChI is InChI=1S/C21H26FN5O/c1-11-5-17(23-2)27-21(25-11)26-16-8-12-3-4-28-20(12)18(19(16)22)13-6-14-9-24-10-15(14)7-13/h5,8,13-15,24H,3-4,6-7,9-10H2,1-2H3,(H2,23,25,26,27)/t13?,14-,15+. The molecule has 3 heterocycles. The highest BCUT2D eigenvalue weighted by Gasteiger charge is 2.41. The average molecular weight is 383 g/mol. The predicted octanol–water partition coefficient (Wildman–Crippen LogP) is 3.36. The first-order valence-electron chi connectivity index (χ1n) is 10.1. The van der Waals surface area contributed by atoms with Gasteiger partial charge in [-0.2, -0.15) is 4.98 Å². The molecule has 148 valence electrons. The molecule has 0 spiro atoms. The molecule has 6 nitrogen and oxygen atoms in total. The van der Waals surface area contributed by atoms with Gasteiger partial charge in [0.2, 0.25) is 5.95 Å². The number of aromatic nitrogens is 2. The van der Waals surface area contributed by atoms with Crippen LogP contribution in [-0.4, -0.2) is 36.7 Å². The van der Waals surface area contributed by atoms with Gasteiger partial charge in [0, 0.05) is 36.4 Å². The van der Waals surface area contributed by atoms with Gasteiger partial charge in [-0.1, -0.05) is 0 Å². The monoisotopic (exact) mass is 383 g/mol. The van der Waals surface area contributed by atoms with Gasteiger partial charge in [-0.3, -0.25) is 0 Å². The Morgan fingerprint density at radius 3 is 2.71 bits per heavy atom. The molecule has 2 aliphatic heterocycles. The van der Waals surface area contributed by atoms with Crippen molar-refractivity contribution >= 4 is 17.5 Å². The summed E-state index contributed by atoms with van der Waals surface area (Å²) in [6.07, 6.45) is 2.87. The quantitative estimate of drug-likeness (QED) is 0.752. The van der Waals surface area contributed by atoms with Gasteiger partial charge < -0.3 is 20.7 Å². The Kier molecular flexibility index (Phi) is 4.34. The van der Waals surface area contributed by atoms with Gasteiger partial charge in [0.05, 0.1) is 12.3 Å². The van der Waals surface area contributed by atoms with Gasteiger partial charge in [0.15, 0.2) is 5.82 Å². The Morgan fingerprint density at radius 2 is 1.96 bits per heavy atom. The molecule has 0 radical (unpaired) electrons. The zero-order valence-corrected chi connectivity index (χ0v) is 16.3. The van der Waals surface area contributed by atoms with Crippen molar-refractivity contribution in [3.63, 3.8) is 0 Å². The number of nitrogens with zero attached hydrogens (tertiary/aromatic N) is 2. The summed E-state index contributed by atoms with van der Waals surface area (Å²) in [5, 5.41) is 9.61. The topological polar surface area (TPSA) is 71.1 Å². The zero-order valence-electron chi connectivity index (χ0n) is 16.3. The molecule has 1 unspecified atom stereocenters. The summed E-state index contributed by atoms with van der Waals surface area (Å²) in [5.74, 6) is 3.19. The molecule has 2 aromatic rings. The van der Waals surface area contributed by atoms with E-state index in [2.05, 4.69) is 25.9 Å². The molecule has 7 heteroatoms. The second kappa shape index (κ2) is 6.88. The van der Waals surface area contributed by atoms with Crippen molar-refractivity contribution in [3.05, 3.63) is 34.8 Å². The lowest BCUT2D eigenvalue weighted by Crippen LogP contribution is -2.13. The van der Waals surface area contributed by atoms with Crippen LogP contribution in [0.2, 0.25) is 0 Å². The number of rotatable bonds is 4. The van der Waals surface area contributed by atoms with Crippen molar-refractivity contribution < 1.29 is 9.13 Å². The third kappa shape index (κ3) is 2.98. The molecule has 3 atom stereocenters. The molecule has 2 fully saturated rings. The van der Waals surface area contributed by atoms with E-state index < -0.39 is 0 Å². The highest BCUT2D eigenvalue weighted by atomic mass is 19.1. The number of ether oxygens (including phenoxy) is 1. The van der Waals surface area contributed by atoms with E-state index in [1.54, 1.807) is 0 Å². The highest BCUT2D eigenvalue weighted by molar-refractivity contribution is 5.64. The molecule has 1 saturated carbocycles. The van der Waals surface area contributed by atoms with Gasteiger partial charge in [0.25, 0.3) is 0 Å². The molecular weight excluding hydrogens is 357 g/mol. The number of hydrogen-bond acceptors (Lipinski definition) is 6. The van der Waals surface area contributed by atoms with Crippen molar-refractivity contribution in [1.82, 2.24) is 15.3 Å². The molecule has 5 rings (SSSR count). The molecule has 1 saturated heterocycles. The van der Waals surface area contributed by atoms with Crippen LogP contribution in [0.5, 0.6) is 5.75 Å². The van der Waals surface area contributed by atoms with Crippen LogP contribution in [0.25, 0.3) is 0 Å². The number of anilines is 3. The molecule has 3 aliphatic rings. The summed E-state index contributed by atoms with van der Waals surface area (Å²) >= 11 is 0. The number of aryl methyl sites for hydroxylation is 1. The number of halogens is 1. The van der Waals surface area contributed by atoms with Crippen LogP contribution in [-0.2, 0) is 6.42 Å². The number of benzene rings is 1. The van der Waals surface area contributed by atoms with Crippen molar-refractivity contribution in [1.29, 1.82) is 0 Å². The Morgan fingerprint density at radius 1 is 1.18 bits per heavy atom. The lowest BCUT2D eigenvalue weighted by Gasteiger charge is -2.19. The Labute approximate surface area is 164 Å². The maximum atomic E-state index is 15.7. The van der Waals surface area contributed by atoms with E-state index in [1.165, 1.54) is 0 Å². The highest BCUT2D eigenvalue weighted by Crippen LogP contribution is 2.50. The third-order valence-electron chi connectivity index (χ3n) is 6.36. The fourth-order valence-corrected chi connectivity index (χ4v) is 5.07. The first-order valence-corrected chi connectivity index (χ1v) is 10.1. The van der Waals surface area contributed by atoms with Crippen molar-refractivity contribution in [2.45, 2.75) is 32.1 Å². The van der Waals surface area contributed by atoms with Gasteiger partial charge in [0.1, 0.15) is 11.6 Å². The summed E-state index contributed by atoms with van der Waals surface area (Å²) in [6.45, 7) is 4.62. The van der Waals surface area contributed by atoms with E-state index in [1.807, 2.05) is 26.1 Å². The maximum absolute atomic E-state index is 15.7. The second-order valence-electron chi connectivity index (χ2n) is 8.18. The molecule has 1 aromatic heterocycles. The number of fused-ring (bicyclic) bond motifs is 2. The molecule has 28 heavy (non-hydrogen) atoms. The first-order chi connectivity index (χ1) is 13.6. The summed E-state index contributed by atoms with van der Waals surface area (Å²) in [7, 11) is 1.81. The SMILES string of the molecule is CNc1cc(C)nc(Nc2cc3c(c(C4C[C@H]5CNC[C@H]5C4)c2F)OCC3)n1. The van der Waals surface area contributed by atoms with E-state index in [0.29, 0.717) is 35.9 Å². The van der Waals surface area contributed by atoms with Crippen LogP contribution >= 0.6 is 0 Å². The van der Waals surface area contributed by atoms with E-state index in [-0.39, 0.29) is 11.7 Å². The summed E-state index contributed by atoms with van der Waals surface area (Å²) in [5.41, 5.74) is 3.11. The van der Waals surface area contributed by atoms with E-state index in [4.69, 9.17) is 4.74 Å². The molecule has 1 aliphatic carbocycles. The number of hydrogen-bond donors (Lipinski definition) is 3. The van der Waals surface area contributed by atoms with Gasteiger partial charge in [-0.25, -0.2) is 9.37 Å². The summed E-state index contributed by atoms with van der Waals surface area (Å²) in [6, 6.07) is 3.72. The van der Waals surface area contributed by atoms with Gasteiger partial charge >= 0.3 is 0 Å². The smallest absolute Gasteiger partial charge is 0.229 e. The maximum Gasteiger partial charge on any atom is 0.229 e. The lowest BCUT2D eigenvalue weighted by molar-refractivity contribution is 0.347. The molecular formula is C21H26FN5O.